The van der Waals surface area contributed by atoms with E-state index in [0.29, 0.717) is 21.4 Å². The molecule has 1 aromatic carbocycles. The van der Waals surface area contributed by atoms with E-state index >= 15 is 0 Å². The lowest BCUT2D eigenvalue weighted by atomic mass is 10.0. The van der Waals surface area contributed by atoms with Gasteiger partial charge in [-0.25, -0.2) is 4.79 Å². The number of hydrogen-bond donors (Lipinski definition) is 0. The number of rotatable bonds is 3. The second-order valence-electron chi connectivity index (χ2n) is 4.25. The predicted molar refractivity (Wildman–Crippen MR) is 82.9 cm³/mol. The van der Waals surface area contributed by atoms with Crippen LogP contribution >= 0.6 is 22.9 Å². The van der Waals surface area contributed by atoms with Gasteiger partial charge < -0.3 is 9.57 Å². The minimum Gasteiger partial charge on any atom is -0.497 e. The predicted octanol–water partition coefficient (Wildman–Crippen LogP) is 3.75. The topological polar surface area (TPSA) is 47.9 Å². The van der Waals surface area contributed by atoms with Gasteiger partial charge in [0.05, 0.1) is 17.0 Å². The monoisotopic (exact) mass is 319 g/mol. The van der Waals surface area contributed by atoms with Crippen LogP contribution in [0.25, 0.3) is 6.08 Å². The summed E-state index contributed by atoms with van der Waals surface area (Å²) in [5.41, 5.74) is 1.65. The van der Waals surface area contributed by atoms with Gasteiger partial charge in [-0.1, -0.05) is 28.9 Å². The van der Waals surface area contributed by atoms with Crippen molar-refractivity contribution in [3.05, 3.63) is 56.7 Å². The molecule has 0 fully saturated rings. The van der Waals surface area contributed by atoms with Gasteiger partial charge in [0.15, 0.2) is 0 Å². The fourth-order valence-corrected chi connectivity index (χ4v) is 2.94. The third kappa shape index (κ3) is 2.84. The second-order valence-corrected chi connectivity index (χ2v) is 6.00. The third-order valence-corrected chi connectivity index (χ3v) is 4.10. The second kappa shape index (κ2) is 5.71. The highest BCUT2D eigenvalue weighted by Crippen LogP contribution is 2.27. The first kappa shape index (κ1) is 13.9. The molecule has 0 saturated carbocycles. The Morgan fingerprint density at radius 2 is 2.19 bits per heavy atom. The Hall–Kier alpha value is -2.11. The molecule has 6 heteroatoms. The van der Waals surface area contributed by atoms with Gasteiger partial charge >= 0.3 is 5.97 Å². The summed E-state index contributed by atoms with van der Waals surface area (Å²) in [5.74, 6) is 0.213. The summed E-state index contributed by atoms with van der Waals surface area (Å²) in [7, 11) is 1.58. The molecule has 2 heterocycles. The van der Waals surface area contributed by atoms with Gasteiger partial charge in [0.1, 0.15) is 11.5 Å². The summed E-state index contributed by atoms with van der Waals surface area (Å²) in [4.78, 5) is 17.5. The Balaban J connectivity index is 2.01. The van der Waals surface area contributed by atoms with Gasteiger partial charge in [0.2, 0.25) is 0 Å². The van der Waals surface area contributed by atoms with Crippen LogP contribution in [0, 0.1) is 0 Å². The number of hydrogen-bond acceptors (Lipinski definition) is 5. The fraction of sp³-hybridized carbons (Fsp3) is 0.0667. The molecule has 0 radical (unpaired) electrons. The minimum absolute atomic E-state index is 0.404. The van der Waals surface area contributed by atoms with Crippen molar-refractivity contribution in [1.29, 1.82) is 0 Å². The van der Waals surface area contributed by atoms with Gasteiger partial charge in [0.25, 0.3) is 0 Å². The van der Waals surface area contributed by atoms with Crippen molar-refractivity contribution in [1.82, 2.24) is 0 Å². The van der Waals surface area contributed by atoms with Crippen molar-refractivity contribution >= 4 is 40.7 Å². The lowest BCUT2D eigenvalue weighted by molar-refractivity contribution is -0.136. The first-order valence-corrected chi connectivity index (χ1v) is 7.28. The standard InChI is InChI=1S/C15H10ClNO3S/c1-19-10-4-2-3-9(7-10)14-12(15(18)20-17-14)8-11-5-6-13(16)21-11/h2-8H,1H3. The Morgan fingerprint density at radius 1 is 1.33 bits per heavy atom. The van der Waals surface area contributed by atoms with Gasteiger partial charge in [-0.15, -0.1) is 11.3 Å². The van der Waals surface area contributed by atoms with Crippen LogP contribution in [0.4, 0.5) is 0 Å². The quantitative estimate of drug-likeness (QED) is 0.639. The SMILES string of the molecule is COc1cccc(C2=NOC(=O)C2=Cc2ccc(Cl)s2)c1. The lowest BCUT2D eigenvalue weighted by Crippen LogP contribution is -2.06. The van der Waals surface area contributed by atoms with Crippen LogP contribution in [-0.2, 0) is 9.63 Å². The Morgan fingerprint density at radius 3 is 2.90 bits per heavy atom. The van der Waals surface area contributed by atoms with Crippen LogP contribution in [0.2, 0.25) is 4.34 Å². The van der Waals surface area contributed by atoms with E-state index in [1.54, 1.807) is 25.3 Å². The van der Waals surface area contributed by atoms with E-state index in [1.807, 2.05) is 24.3 Å². The molecule has 0 saturated heterocycles. The van der Waals surface area contributed by atoms with Crippen LogP contribution in [-0.4, -0.2) is 18.8 Å². The largest absolute Gasteiger partial charge is 0.497 e. The van der Waals surface area contributed by atoms with Gasteiger partial charge in [0, 0.05) is 10.4 Å². The Bertz CT molecular complexity index is 764. The zero-order chi connectivity index (χ0) is 14.8. The van der Waals surface area contributed by atoms with Crippen LogP contribution in [0.1, 0.15) is 10.4 Å². The molecule has 0 spiro atoms. The number of oxime groups is 1. The average molecular weight is 320 g/mol. The lowest BCUT2D eigenvalue weighted by Gasteiger charge is -2.03. The number of thiophene rings is 1. The molecule has 1 aliphatic heterocycles. The highest BCUT2D eigenvalue weighted by molar-refractivity contribution is 7.17. The van der Waals surface area contributed by atoms with Crippen LogP contribution in [0.5, 0.6) is 5.75 Å². The molecule has 1 aromatic heterocycles. The molecule has 0 bridgehead atoms. The number of nitrogens with zero attached hydrogens (tertiary/aromatic N) is 1. The molecular formula is C15H10ClNO3S. The van der Waals surface area contributed by atoms with Crippen LogP contribution < -0.4 is 4.74 Å². The van der Waals surface area contributed by atoms with Crippen LogP contribution in [0.15, 0.2) is 47.1 Å². The molecular weight excluding hydrogens is 310 g/mol. The van der Waals surface area contributed by atoms with E-state index in [0.717, 1.165) is 10.4 Å². The van der Waals surface area contributed by atoms with E-state index in [2.05, 4.69) is 5.16 Å². The van der Waals surface area contributed by atoms with Gasteiger partial charge in [-0.05, 0) is 30.3 Å². The first-order chi connectivity index (χ1) is 10.2. The molecule has 0 amide bonds. The zero-order valence-corrected chi connectivity index (χ0v) is 12.6. The van der Waals surface area contributed by atoms with Crippen molar-refractivity contribution in [2.75, 3.05) is 7.11 Å². The number of carbonyl (C=O) groups excluding carboxylic acids is 1. The number of ether oxygens (including phenoxy) is 1. The van der Waals surface area contributed by atoms with Crippen molar-refractivity contribution in [2.45, 2.75) is 0 Å². The number of methoxy groups -OCH3 is 1. The molecule has 21 heavy (non-hydrogen) atoms. The summed E-state index contributed by atoms with van der Waals surface area (Å²) >= 11 is 7.28. The highest BCUT2D eigenvalue weighted by Gasteiger charge is 2.27. The highest BCUT2D eigenvalue weighted by atomic mass is 35.5. The van der Waals surface area contributed by atoms with Gasteiger partial charge in [-0.3, -0.25) is 0 Å². The summed E-state index contributed by atoms with van der Waals surface area (Å²) in [6, 6.07) is 10.9. The number of benzene rings is 1. The summed E-state index contributed by atoms with van der Waals surface area (Å²) in [5, 5.41) is 3.86. The summed E-state index contributed by atoms with van der Waals surface area (Å²) in [6.07, 6.45) is 1.73. The smallest absolute Gasteiger partial charge is 0.368 e. The first-order valence-electron chi connectivity index (χ1n) is 6.08. The maximum Gasteiger partial charge on any atom is 0.368 e. The Labute approximate surface area is 130 Å². The number of carbonyl (C=O) groups is 1. The zero-order valence-electron chi connectivity index (χ0n) is 11.0. The van der Waals surface area contributed by atoms with E-state index in [1.165, 1.54) is 11.3 Å². The third-order valence-electron chi connectivity index (χ3n) is 2.92. The fourth-order valence-electron chi connectivity index (χ4n) is 1.94. The molecule has 0 atom stereocenters. The molecule has 2 aromatic rings. The maximum absolute atomic E-state index is 11.9. The Kier molecular flexibility index (Phi) is 3.77. The van der Waals surface area contributed by atoms with E-state index in [4.69, 9.17) is 21.2 Å². The molecule has 106 valence electrons. The van der Waals surface area contributed by atoms with Crippen LogP contribution in [0.3, 0.4) is 0 Å². The van der Waals surface area contributed by atoms with Crippen molar-refractivity contribution < 1.29 is 14.4 Å². The molecule has 0 aliphatic carbocycles. The van der Waals surface area contributed by atoms with Crippen molar-refractivity contribution in [3.63, 3.8) is 0 Å². The van der Waals surface area contributed by atoms with Crippen molar-refractivity contribution in [3.8, 4) is 5.75 Å². The van der Waals surface area contributed by atoms with E-state index in [-0.39, 0.29) is 0 Å². The molecule has 3 rings (SSSR count). The molecule has 1 aliphatic rings. The van der Waals surface area contributed by atoms with Crippen molar-refractivity contribution in [2.24, 2.45) is 5.16 Å². The number of halogens is 1. The average Bonchev–Trinajstić information content (AvgIpc) is 3.06. The maximum atomic E-state index is 11.9. The molecule has 4 nitrogen and oxygen atoms in total. The minimum atomic E-state index is -0.475. The normalized spacial score (nSPS) is 16.0. The van der Waals surface area contributed by atoms with E-state index in [9.17, 15) is 4.79 Å². The summed E-state index contributed by atoms with van der Waals surface area (Å²) in [6.45, 7) is 0. The van der Waals surface area contributed by atoms with E-state index < -0.39 is 5.97 Å². The molecule has 0 N–H and O–H groups in total. The van der Waals surface area contributed by atoms with Gasteiger partial charge in [-0.2, -0.15) is 0 Å². The molecule has 0 unspecified atom stereocenters. The summed E-state index contributed by atoms with van der Waals surface area (Å²) < 4.78 is 5.84.